The molecule has 1 amide bonds. The predicted octanol–water partition coefficient (Wildman–Crippen LogP) is 4.68. The van der Waals surface area contributed by atoms with E-state index in [1.165, 1.54) is 0 Å². The van der Waals surface area contributed by atoms with Crippen LogP contribution in [-0.4, -0.2) is 21.3 Å². The Labute approximate surface area is 143 Å². The van der Waals surface area contributed by atoms with Gasteiger partial charge in [0.05, 0.1) is 5.52 Å². The van der Waals surface area contributed by atoms with Crippen LogP contribution in [0.3, 0.4) is 0 Å². The number of aromatic nitrogens is 1. The molecule has 3 rings (SSSR count). The second-order valence-corrected chi connectivity index (χ2v) is 6.94. The first kappa shape index (κ1) is 16.2. The van der Waals surface area contributed by atoms with E-state index in [2.05, 4.69) is 25.8 Å². The summed E-state index contributed by atoms with van der Waals surface area (Å²) < 4.78 is 0. The van der Waals surface area contributed by atoms with Crippen LogP contribution in [0.25, 0.3) is 10.9 Å². The number of amides is 1. The van der Waals surface area contributed by atoms with Crippen molar-refractivity contribution in [3.05, 3.63) is 78.0 Å². The zero-order valence-electron chi connectivity index (χ0n) is 14.4. The molecule has 0 saturated heterocycles. The Bertz CT molecular complexity index is 850. The third-order valence-electron chi connectivity index (χ3n) is 4.06. The monoisotopic (exact) mass is 318 g/mol. The lowest BCUT2D eigenvalue weighted by molar-refractivity contribution is 0.0553. The predicted molar refractivity (Wildman–Crippen MR) is 97.8 cm³/mol. The average Bonchev–Trinajstić information content (AvgIpc) is 2.58. The molecule has 0 aliphatic carbocycles. The van der Waals surface area contributed by atoms with Crippen LogP contribution < -0.4 is 0 Å². The van der Waals surface area contributed by atoms with Gasteiger partial charge in [-0.3, -0.25) is 4.79 Å². The average molecular weight is 318 g/mol. The third-order valence-corrected chi connectivity index (χ3v) is 4.06. The van der Waals surface area contributed by atoms with E-state index >= 15 is 0 Å². The van der Waals surface area contributed by atoms with Crippen LogP contribution in [0, 0.1) is 0 Å². The van der Waals surface area contributed by atoms with Gasteiger partial charge in [0, 0.05) is 17.5 Å². The highest BCUT2D eigenvalue weighted by Gasteiger charge is 2.28. The summed E-state index contributed by atoms with van der Waals surface area (Å²) in [5.74, 6) is -0.0443. The number of carbonyl (C=O) groups excluding carboxylic acids is 1. The Morgan fingerprint density at radius 3 is 2.29 bits per heavy atom. The van der Waals surface area contributed by atoms with Gasteiger partial charge in [-0.25, -0.2) is 4.98 Å². The fourth-order valence-corrected chi connectivity index (χ4v) is 2.70. The van der Waals surface area contributed by atoms with E-state index in [1.807, 2.05) is 71.6 Å². The van der Waals surface area contributed by atoms with Crippen molar-refractivity contribution in [3.8, 4) is 0 Å². The van der Waals surface area contributed by atoms with Crippen molar-refractivity contribution in [2.75, 3.05) is 0 Å². The van der Waals surface area contributed by atoms with E-state index in [0.717, 1.165) is 16.5 Å². The number of carbonyl (C=O) groups is 1. The molecule has 122 valence electrons. The van der Waals surface area contributed by atoms with E-state index in [4.69, 9.17) is 0 Å². The maximum absolute atomic E-state index is 13.1. The molecule has 0 N–H and O–H groups in total. The normalized spacial score (nSPS) is 11.5. The first-order valence-corrected chi connectivity index (χ1v) is 8.17. The van der Waals surface area contributed by atoms with Gasteiger partial charge in [0.25, 0.3) is 5.91 Å². The van der Waals surface area contributed by atoms with Gasteiger partial charge in [0.2, 0.25) is 0 Å². The van der Waals surface area contributed by atoms with Crippen molar-refractivity contribution >= 4 is 16.8 Å². The van der Waals surface area contributed by atoms with Crippen molar-refractivity contribution in [2.45, 2.75) is 32.9 Å². The lowest BCUT2D eigenvalue weighted by atomic mass is 10.0. The van der Waals surface area contributed by atoms with Crippen LogP contribution in [0.2, 0.25) is 0 Å². The van der Waals surface area contributed by atoms with Gasteiger partial charge in [-0.15, -0.1) is 0 Å². The Balaban J connectivity index is 1.95. The molecule has 0 spiro atoms. The molecule has 0 saturated carbocycles. The second-order valence-electron chi connectivity index (χ2n) is 6.94. The number of nitrogens with zero attached hydrogens (tertiary/aromatic N) is 2. The molecule has 3 heteroatoms. The number of hydrogen-bond donors (Lipinski definition) is 0. The zero-order chi connectivity index (χ0) is 17.2. The van der Waals surface area contributed by atoms with E-state index in [9.17, 15) is 4.79 Å². The molecule has 1 heterocycles. The van der Waals surface area contributed by atoms with Crippen LogP contribution in [0.1, 0.15) is 36.8 Å². The molecule has 3 aromatic rings. The van der Waals surface area contributed by atoms with Crippen molar-refractivity contribution in [1.29, 1.82) is 0 Å². The Kier molecular flexibility index (Phi) is 4.34. The van der Waals surface area contributed by atoms with Crippen molar-refractivity contribution in [2.24, 2.45) is 0 Å². The summed E-state index contributed by atoms with van der Waals surface area (Å²) in [5.41, 5.74) is 2.15. The van der Waals surface area contributed by atoms with E-state index < -0.39 is 0 Å². The first-order chi connectivity index (χ1) is 11.4. The van der Waals surface area contributed by atoms with Gasteiger partial charge in [-0.05, 0) is 38.5 Å². The largest absolute Gasteiger partial charge is 0.328 e. The number of para-hydroxylation sites is 1. The number of hydrogen-bond acceptors (Lipinski definition) is 2. The summed E-state index contributed by atoms with van der Waals surface area (Å²) >= 11 is 0. The Morgan fingerprint density at radius 2 is 1.58 bits per heavy atom. The van der Waals surface area contributed by atoms with Gasteiger partial charge in [-0.2, -0.15) is 0 Å². The van der Waals surface area contributed by atoms with Gasteiger partial charge >= 0.3 is 0 Å². The van der Waals surface area contributed by atoms with Crippen LogP contribution in [0.15, 0.2) is 66.7 Å². The third kappa shape index (κ3) is 3.46. The molecular weight excluding hydrogens is 296 g/mol. The fraction of sp³-hybridized carbons (Fsp3) is 0.238. The summed E-state index contributed by atoms with van der Waals surface area (Å²) in [6, 6.07) is 21.7. The van der Waals surface area contributed by atoms with Gasteiger partial charge in [0.1, 0.15) is 5.69 Å². The highest BCUT2D eigenvalue weighted by Crippen LogP contribution is 2.21. The van der Waals surface area contributed by atoms with E-state index in [-0.39, 0.29) is 11.4 Å². The second kappa shape index (κ2) is 6.44. The summed E-state index contributed by atoms with van der Waals surface area (Å²) in [5, 5.41) is 1.04. The minimum atomic E-state index is -0.291. The van der Waals surface area contributed by atoms with Gasteiger partial charge < -0.3 is 4.90 Å². The number of rotatable bonds is 3. The number of pyridine rings is 1. The maximum atomic E-state index is 13.1. The summed E-state index contributed by atoms with van der Waals surface area (Å²) in [4.78, 5) is 19.5. The molecular formula is C21H22N2O. The van der Waals surface area contributed by atoms with Crippen LogP contribution >= 0.6 is 0 Å². The van der Waals surface area contributed by atoms with Crippen molar-refractivity contribution in [3.63, 3.8) is 0 Å². The molecule has 0 atom stereocenters. The molecule has 3 nitrogen and oxygen atoms in total. The first-order valence-electron chi connectivity index (χ1n) is 8.17. The fourth-order valence-electron chi connectivity index (χ4n) is 2.70. The van der Waals surface area contributed by atoms with E-state index in [1.54, 1.807) is 0 Å². The lowest BCUT2D eigenvalue weighted by Gasteiger charge is -2.35. The Hall–Kier alpha value is -2.68. The molecule has 1 aromatic heterocycles. The minimum absolute atomic E-state index is 0.0443. The molecule has 0 fully saturated rings. The lowest BCUT2D eigenvalue weighted by Crippen LogP contribution is -2.45. The number of benzene rings is 2. The summed E-state index contributed by atoms with van der Waals surface area (Å²) in [6.45, 7) is 6.72. The smallest absolute Gasteiger partial charge is 0.273 e. The highest BCUT2D eigenvalue weighted by atomic mass is 16.2. The van der Waals surface area contributed by atoms with Crippen LogP contribution in [-0.2, 0) is 6.54 Å². The SMILES string of the molecule is CC(C)(C)N(Cc1ccccc1)C(=O)c1ccc2ccccc2n1. The minimum Gasteiger partial charge on any atom is -0.328 e. The van der Waals surface area contributed by atoms with Crippen molar-refractivity contribution < 1.29 is 4.79 Å². The highest BCUT2D eigenvalue weighted by molar-refractivity contribution is 5.95. The van der Waals surface area contributed by atoms with Gasteiger partial charge in [0.15, 0.2) is 0 Å². The Morgan fingerprint density at radius 1 is 0.917 bits per heavy atom. The molecule has 0 bridgehead atoms. The van der Waals surface area contributed by atoms with Crippen LogP contribution in [0.5, 0.6) is 0 Å². The standard InChI is InChI=1S/C21H22N2O/c1-21(2,3)23(15-16-9-5-4-6-10-16)20(24)19-14-13-17-11-7-8-12-18(17)22-19/h4-14H,15H2,1-3H3. The van der Waals surface area contributed by atoms with E-state index in [0.29, 0.717) is 12.2 Å². The summed E-state index contributed by atoms with van der Waals surface area (Å²) in [6.07, 6.45) is 0. The maximum Gasteiger partial charge on any atom is 0.273 e. The summed E-state index contributed by atoms with van der Waals surface area (Å²) in [7, 11) is 0. The quantitative estimate of drug-likeness (QED) is 0.703. The van der Waals surface area contributed by atoms with Crippen LogP contribution in [0.4, 0.5) is 0 Å². The number of fused-ring (bicyclic) bond motifs is 1. The molecule has 0 unspecified atom stereocenters. The van der Waals surface area contributed by atoms with Gasteiger partial charge in [-0.1, -0.05) is 54.6 Å². The van der Waals surface area contributed by atoms with Crippen molar-refractivity contribution in [1.82, 2.24) is 9.88 Å². The molecule has 24 heavy (non-hydrogen) atoms. The topological polar surface area (TPSA) is 33.2 Å². The zero-order valence-corrected chi connectivity index (χ0v) is 14.4. The molecule has 0 radical (unpaired) electrons. The molecule has 0 aliphatic rings. The molecule has 0 aliphatic heterocycles. The molecule has 2 aromatic carbocycles.